The average molecular weight is 328 g/mol. The van der Waals surface area contributed by atoms with Gasteiger partial charge in [-0.25, -0.2) is 0 Å². The SMILES string of the molecule is C=C1CC2(CC)C(CCC2(C)O)C2CCC3=CC(=O)CCC3(C)C12. The molecule has 0 heterocycles. The van der Waals surface area contributed by atoms with Crippen LogP contribution in [-0.4, -0.2) is 16.5 Å². The van der Waals surface area contributed by atoms with E-state index in [4.69, 9.17) is 0 Å². The van der Waals surface area contributed by atoms with Gasteiger partial charge in [0.1, 0.15) is 0 Å². The molecule has 6 unspecified atom stereocenters. The van der Waals surface area contributed by atoms with E-state index in [1.54, 1.807) is 0 Å². The molecule has 4 rings (SSSR count). The third-order valence-electron chi connectivity index (χ3n) is 8.68. The van der Waals surface area contributed by atoms with Gasteiger partial charge in [0.15, 0.2) is 5.78 Å². The summed E-state index contributed by atoms with van der Waals surface area (Å²) >= 11 is 0. The summed E-state index contributed by atoms with van der Waals surface area (Å²) in [5, 5.41) is 11.2. The number of carbonyl (C=O) groups excluding carboxylic acids is 1. The molecule has 0 aromatic rings. The van der Waals surface area contributed by atoms with E-state index in [-0.39, 0.29) is 10.8 Å². The number of hydrogen-bond acceptors (Lipinski definition) is 2. The third kappa shape index (κ3) is 1.90. The van der Waals surface area contributed by atoms with Crippen LogP contribution in [0.4, 0.5) is 0 Å². The van der Waals surface area contributed by atoms with Gasteiger partial charge in [-0.15, -0.1) is 0 Å². The van der Waals surface area contributed by atoms with Crippen LogP contribution in [-0.2, 0) is 4.79 Å². The molecule has 1 N–H and O–H groups in total. The first kappa shape index (κ1) is 16.6. The Hall–Kier alpha value is -0.890. The molecule has 0 aliphatic heterocycles. The highest BCUT2D eigenvalue weighted by Gasteiger charge is 2.64. The van der Waals surface area contributed by atoms with Gasteiger partial charge in [0, 0.05) is 11.8 Å². The predicted molar refractivity (Wildman–Crippen MR) is 96.5 cm³/mol. The molecular weight excluding hydrogens is 296 g/mol. The monoisotopic (exact) mass is 328 g/mol. The zero-order valence-electron chi connectivity index (χ0n) is 15.5. The summed E-state index contributed by atoms with van der Waals surface area (Å²) in [4.78, 5) is 11.9. The van der Waals surface area contributed by atoms with Crippen molar-refractivity contribution >= 4 is 5.78 Å². The van der Waals surface area contributed by atoms with E-state index in [9.17, 15) is 9.90 Å². The first-order valence-corrected chi connectivity index (χ1v) is 9.89. The Morgan fingerprint density at radius 1 is 1.25 bits per heavy atom. The van der Waals surface area contributed by atoms with Gasteiger partial charge in [-0.05, 0) is 81.1 Å². The number of fused-ring (bicyclic) bond motifs is 5. The van der Waals surface area contributed by atoms with E-state index in [1.807, 2.05) is 6.08 Å². The molecule has 132 valence electrons. The van der Waals surface area contributed by atoms with Gasteiger partial charge in [-0.1, -0.05) is 31.6 Å². The van der Waals surface area contributed by atoms with Crippen LogP contribution in [0.3, 0.4) is 0 Å². The molecule has 4 aliphatic rings. The Balaban J connectivity index is 1.78. The van der Waals surface area contributed by atoms with Crippen molar-refractivity contribution in [3.05, 3.63) is 23.8 Å². The van der Waals surface area contributed by atoms with Crippen molar-refractivity contribution in [2.75, 3.05) is 0 Å². The smallest absolute Gasteiger partial charge is 0.155 e. The van der Waals surface area contributed by atoms with Gasteiger partial charge in [0.05, 0.1) is 5.60 Å². The fourth-order valence-electron chi connectivity index (χ4n) is 7.43. The lowest BCUT2D eigenvalue weighted by atomic mass is 9.44. The molecule has 2 nitrogen and oxygen atoms in total. The maximum absolute atomic E-state index is 11.9. The van der Waals surface area contributed by atoms with Gasteiger partial charge in [-0.3, -0.25) is 4.79 Å². The van der Waals surface area contributed by atoms with E-state index in [0.29, 0.717) is 30.0 Å². The molecule has 3 saturated carbocycles. The summed E-state index contributed by atoms with van der Waals surface area (Å²) in [5.74, 6) is 2.07. The van der Waals surface area contributed by atoms with Crippen LogP contribution in [0.25, 0.3) is 0 Å². The highest BCUT2D eigenvalue weighted by Crippen LogP contribution is 2.69. The molecule has 0 aromatic carbocycles. The van der Waals surface area contributed by atoms with Crippen molar-refractivity contribution in [1.82, 2.24) is 0 Å². The van der Waals surface area contributed by atoms with Crippen LogP contribution in [0.15, 0.2) is 23.8 Å². The summed E-state index contributed by atoms with van der Waals surface area (Å²) in [7, 11) is 0. The summed E-state index contributed by atoms with van der Waals surface area (Å²) in [5.41, 5.74) is 2.33. The normalized spacial score (nSPS) is 50.8. The summed E-state index contributed by atoms with van der Waals surface area (Å²) < 4.78 is 0. The van der Waals surface area contributed by atoms with Crippen LogP contribution in [0.5, 0.6) is 0 Å². The van der Waals surface area contributed by atoms with Crippen molar-refractivity contribution in [3.63, 3.8) is 0 Å². The molecule has 0 amide bonds. The summed E-state index contributed by atoms with van der Waals surface area (Å²) in [6.45, 7) is 11.3. The Kier molecular flexibility index (Phi) is 3.50. The molecule has 0 spiro atoms. The third-order valence-corrected chi connectivity index (χ3v) is 8.68. The highest BCUT2D eigenvalue weighted by atomic mass is 16.3. The molecule has 6 atom stereocenters. The van der Waals surface area contributed by atoms with E-state index in [2.05, 4.69) is 27.4 Å². The number of aliphatic hydroxyl groups is 1. The van der Waals surface area contributed by atoms with Gasteiger partial charge in [0.25, 0.3) is 0 Å². The molecular formula is C22H32O2. The Morgan fingerprint density at radius 3 is 2.71 bits per heavy atom. The average Bonchev–Trinajstić information content (AvgIpc) is 2.79. The Labute approximate surface area is 146 Å². The quantitative estimate of drug-likeness (QED) is 0.700. The van der Waals surface area contributed by atoms with Gasteiger partial charge in [-0.2, -0.15) is 0 Å². The number of allylic oxidation sites excluding steroid dienone is 2. The maximum atomic E-state index is 11.9. The number of carbonyl (C=O) groups is 1. The zero-order chi connectivity index (χ0) is 17.3. The Bertz CT molecular complexity index is 628. The van der Waals surface area contributed by atoms with Crippen LogP contribution in [0.1, 0.15) is 72.1 Å². The standard InChI is InChI=1S/C22H32O2/c1-5-22-13-14(2)19-17(18(22)9-11-21(22,4)24)7-6-15-12-16(23)8-10-20(15,19)3/h12,17-19,24H,2,5-11,13H2,1,3-4H3. The highest BCUT2D eigenvalue weighted by molar-refractivity contribution is 5.91. The maximum Gasteiger partial charge on any atom is 0.155 e. The minimum Gasteiger partial charge on any atom is -0.390 e. The van der Waals surface area contributed by atoms with Crippen molar-refractivity contribution in [3.8, 4) is 0 Å². The summed E-state index contributed by atoms with van der Waals surface area (Å²) in [6.07, 6.45) is 9.97. The second-order valence-corrected chi connectivity index (χ2v) is 9.50. The first-order valence-electron chi connectivity index (χ1n) is 9.89. The van der Waals surface area contributed by atoms with E-state index in [0.717, 1.165) is 38.5 Å². The fourth-order valence-corrected chi connectivity index (χ4v) is 7.43. The molecule has 0 bridgehead atoms. The predicted octanol–water partition coefficient (Wildman–Crippen LogP) is 4.83. The van der Waals surface area contributed by atoms with E-state index >= 15 is 0 Å². The topological polar surface area (TPSA) is 37.3 Å². The number of ketones is 1. The minimum absolute atomic E-state index is 0.0211. The zero-order valence-corrected chi connectivity index (χ0v) is 15.5. The van der Waals surface area contributed by atoms with Crippen LogP contribution < -0.4 is 0 Å². The molecule has 24 heavy (non-hydrogen) atoms. The largest absolute Gasteiger partial charge is 0.390 e. The van der Waals surface area contributed by atoms with Crippen molar-refractivity contribution < 1.29 is 9.90 Å². The lowest BCUT2D eigenvalue weighted by molar-refractivity contribution is -0.119. The van der Waals surface area contributed by atoms with E-state index < -0.39 is 5.60 Å². The van der Waals surface area contributed by atoms with Crippen molar-refractivity contribution in [2.45, 2.75) is 77.7 Å². The lowest BCUT2D eigenvalue weighted by Gasteiger charge is -2.60. The molecule has 4 aliphatic carbocycles. The molecule has 2 heteroatoms. The minimum atomic E-state index is -0.556. The Morgan fingerprint density at radius 2 is 2.00 bits per heavy atom. The first-order chi connectivity index (χ1) is 11.2. The van der Waals surface area contributed by atoms with Gasteiger partial charge in [0.2, 0.25) is 0 Å². The van der Waals surface area contributed by atoms with Gasteiger partial charge < -0.3 is 5.11 Å². The van der Waals surface area contributed by atoms with Crippen molar-refractivity contribution in [2.24, 2.45) is 28.6 Å². The molecule has 0 saturated heterocycles. The number of hydrogen-bond donors (Lipinski definition) is 1. The van der Waals surface area contributed by atoms with Crippen LogP contribution in [0, 0.1) is 28.6 Å². The molecule has 0 radical (unpaired) electrons. The van der Waals surface area contributed by atoms with E-state index in [1.165, 1.54) is 17.6 Å². The molecule has 0 aromatic heterocycles. The fraction of sp³-hybridized carbons (Fsp3) is 0.773. The molecule has 3 fully saturated rings. The van der Waals surface area contributed by atoms with Crippen molar-refractivity contribution in [1.29, 1.82) is 0 Å². The summed E-state index contributed by atoms with van der Waals surface area (Å²) in [6, 6.07) is 0. The van der Waals surface area contributed by atoms with Crippen LogP contribution in [0.2, 0.25) is 0 Å². The second-order valence-electron chi connectivity index (χ2n) is 9.50. The second kappa shape index (κ2) is 5.06. The number of rotatable bonds is 1. The van der Waals surface area contributed by atoms with Crippen LogP contribution >= 0.6 is 0 Å². The lowest BCUT2D eigenvalue weighted by Crippen LogP contribution is -2.55. The van der Waals surface area contributed by atoms with Gasteiger partial charge >= 0.3 is 0 Å².